The lowest BCUT2D eigenvalue weighted by molar-refractivity contribution is -0.385. The second kappa shape index (κ2) is 5.92. The molecule has 2 N–H and O–H groups in total. The molecule has 0 saturated heterocycles. The topological polar surface area (TPSA) is 92.5 Å². The number of nitro groups is 1. The van der Waals surface area contributed by atoms with Crippen LogP contribution < -0.4 is 5.32 Å². The molecule has 0 radical (unpaired) electrons. The predicted octanol–water partition coefficient (Wildman–Crippen LogP) is 1.26. The SMILES string of the molecule is C=CC(O)C(C)NC(=O)c1ccccc1[N+](=O)[O-]. The van der Waals surface area contributed by atoms with Crippen molar-refractivity contribution < 1.29 is 14.8 Å². The number of amides is 1. The fourth-order valence-corrected chi connectivity index (χ4v) is 1.40. The quantitative estimate of drug-likeness (QED) is 0.467. The van der Waals surface area contributed by atoms with Crippen molar-refractivity contribution in [1.29, 1.82) is 0 Å². The Morgan fingerprint density at radius 2 is 2.17 bits per heavy atom. The Labute approximate surface area is 104 Å². The predicted molar refractivity (Wildman–Crippen MR) is 66.2 cm³/mol. The molecule has 18 heavy (non-hydrogen) atoms. The third kappa shape index (κ3) is 3.14. The van der Waals surface area contributed by atoms with E-state index in [-0.39, 0.29) is 11.3 Å². The molecule has 0 fully saturated rings. The van der Waals surface area contributed by atoms with Crippen LogP contribution in [-0.2, 0) is 0 Å². The Morgan fingerprint density at radius 1 is 1.56 bits per heavy atom. The third-order valence-corrected chi connectivity index (χ3v) is 2.46. The van der Waals surface area contributed by atoms with Crippen LogP contribution in [0.2, 0.25) is 0 Å². The van der Waals surface area contributed by atoms with Crippen molar-refractivity contribution in [2.24, 2.45) is 0 Å². The first-order chi connectivity index (χ1) is 8.47. The summed E-state index contributed by atoms with van der Waals surface area (Å²) in [6.07, 6.45) is 0.376. The summed E-state index contributed by atoms with van der Waals surface area (Å²) in [7, 11) is 0. The molecule has 2 atom stereocenters. The van der Waals surface area contributed by atoms with E-state index in [9.17, 15) is 20.0 Å². The van der Waals surface area contributed by atoms with Crippen molar-refractivity contribution in [3.05, 3.63) is 52.6 Å². The summed E-state index contributed by atoms with van der Waals surface area (Å²) in [6.45, 7) is 4.98. The number of carbonyl (C=O) groups excluding carboxylic acids is 1. The summed E-state index contributed by atoms with van der Waals surface area (Å²) in [4.78, 5) is 22.0. The minimum atomic E-state index is -0.906. The largest absolute Gasteiger partial charge is 0.387 e. The van der Waals surface area contributed by atoms with E-state index in [4.69, 9.17) is 0 Å². The van der Waals surface area contributed by atoms with Gasteiger partial charge in [0.2, 0.25) is 0 Å². The van der Waals surface area contributed by atoms with Crippen molar-refractivity contribution in [1.82, 2.24) is 5.32 Å². The average molecular weight is 250 g/mol. The molecular weight excluding hydrogens is 236 g/mol. The van der Waals surface area contributed by atoms with E-state index in [0.717, 1.165) is 0 Å². The van der Waals surface area contributed by atoms with Crippen LogP contribution in [0.15, 0.2) is 36.9 Å². The van der Waals surface area contributed by atoms with E-state index in [1.807, 2.05) is 0 Å². The number of nitrogens with one attached hydrogen (secondary N) is 1. The number of hydrogen-bond acceptors (Lipinski definition) is 4. The maximum absolute atomic E-state index is 11.8. The molecule has 1 aromatic rings. The van der Waals surface area contributed by atoms with Gasteiger partial charge in [-0.05, 0) is 13.0 Å². The van der Waals surface area contributed by atoms with E-state index in [1.165, 1.54) is 30.3 Å². The summed E-state index contributed by atoms with van der Waals surface area (Å²) in [6, 6.07) is 5.06. The van der Waals surface area contributed by atoms with Gasteiger partial charge in [0.05, 0.1) is 17.1 Å². The van der Waals surface area contributed by atoms with Crippen LogP contribution in [-0.4, -0.2) is 28.1 Å². The number of rotatable bonds is 5. The second-order valence-electron chi connectivity index (χ2n) is 3.76. The van der Waals surface area contributed by atoms with Gasteiger partial charge in [-0.3, -0.25) is 14.9 Å². The van der Waals surface area contributed by atoms with E-state index in [0.29, 0.717) is 0 Å². The monoisotopic (exact) mass is 250 g/mol. The summed E-state index contributed by atoms with van der Waals surface area (Å²) in [5.41, 5.74) is -0.305. The van der Waals surface area contributed by atoms with E-state index in [2.05, 4.69) is 11.9 Å². The highest BCUT2D eigenvalue weighted by Crippen LogP contribution is 2.17. The van der Waals surface area contributed by atoms with Crippen LogP contribution in [0, 0.1) is 10.1 Å². The highest BCUT2D eigenvalue weighted by molar-refractivity contribution is 5.98. The number of nitro benzene ring substituents is 1. The van der Waals surface area contributed by atoms with Crippen molar-refractivity contribution in [3.8, 4) is 0 Å². The number of carbonyl (C=O) groups is 1. The van der Waals surface area contributed by atoms with E-state index < -0.39 is 23.0 Å². The Bertz CT molecular complexity index is 473. The Morgan fingerprint density at radius 3 is 2.72 bits per heavy atom. The summed E-state index contributed by atoms with van der Waals surface area (Å²) >= 11 is 0. The first kappa shape index (κ1) is 13.9. The average Bonchev–Trinajstić information content (AvgIpc) is 2.37. The molecule has 1 amide bonds. The van der Waals surface area contributed by atoms with Crippen molar-refractivity contribution in [3.63, 3.8) is 0 Å². The first-order valence-corrected chi connectivity index (χ1v) is 5.32. The molecule has 0 aliphatic rings. The maximum Gasteiger partial charge on any atom is 0.282 e. The van der Waals surface area contributed by atoms with Gasteiger partial charge in [-0.25, -0.2) is 0 Å². The number of para-hydroxylation sites is 1. The van der Waals surface area contributed by atoms with E-state index >= 15 is 0 Å². The van der Waals surface area contributed by atoms with Gasteiger partial charge in [-0.2, -0.15) is 0 Å². The zero-order chi connectivity index (χ0) is 13.7. The van der Waals surface area contributed by atoms with Crippen molar-refractivity contribution in [2.75, 3.05) is 0 Å². The Balaban J connectivity index is 2.91. The van der Waals surface area contributed by atoms with Crippen LogP contribution in [0.3, 0.4) is 0 Å². The minimum absolute atomic E-state index is 0.0365. The van der Waals surface area contributed by atoms with Gasteiger partial charge in [0.15, 0.2) is 0 Å². The van der Waals surface area contributed by atoms with Crippen molar-refractivity contribution >= 4 is 11.6 Å². The van der Waals surface area contributed by atoms with Gasteiger partial charge in [0.25, 0.3) is 11.6 Å². The zero-order valence-corrected chi connectivity index (χ0v) is 9.87. The lowest BCUT2D eigenvalue weighted by Crippen LogP contribution is -2.40. The molecule has 0 bridgehead atoms. The first-order valence-electron chi connectivity index (χ1n) is 5.32. The van der Waals surface area contributed by atoms with Gasteiger partial charge in [-0.1, -0.05) is 18.2 Å². The van der Waals surface area contributed by atoms with Gasteiger partial charge < -0.3 is 10.4 Å². The lowest BCUT2D eigenvalue weighted by Gasteiger charge is -2.17. The molecule has 0 heterocycles. The number of benzene rings is 1. The van der Waals surface area contributed by atoms with Gasteiger partial charge >= 0.3 is 0 Å². The van der Waals surface area contributed by atoms with E-state index in [1.54, 1.807) is 6.92 Å². The molecule has 0 aliphatic heterocycles. The molecule has 6 nitrogen and oxygen atoms in total. The molecule has 1 aromatic carbocycles. The van der Waals surface area contributed by atoms with Crippen molar-refractivity contribution in [2.45, 2.75) is 19.1 Å². The maximum atomic E-state index is 11.8. The molecule has 0 spiro atoms. The smallest absolute Gasteiger partial charge is 0.282 e. The molecule has 0 aliphatic carbocycles. The molecule has 2 unspecified atom stereocenters. The van der Waals surface area contributed by atoms with Gasteiger partial charge in [-0.15, -0.1) is 6.58 Å². The highest BCUT2D eigenvalue weighted by Gasteiger charge is 2.21. The van der Waals surface area contributed by atoms with Crippen LogP contribution in [0.4, 0.5) is 5.69 Å². The lowest BCUT2D eigenvalue weighted by atomic mass is 10.1. The Kier molecular flexibility index (Phi) is 4.56. The fraction of sp³-hybridized carbons (Fsp3) is 0.250. The molecule has 0 saturated carbocycles. The van der Waals surface area contributed by atoms with Gasteiger partial charge in [0.1, 0.15) is 5.56 Å². The summed E-state index contributed by atoms with van der Waals surface area (Å²) in [5, 5.41) is 22.7. The van der Waals surface area contributed by atoms with Crippen LogP contribution >= 0.6 is 0 Å². The number of hydrogen-bond donors (Lipinski definition) is 2. The molecule has 0 aromatic heterocycles. The number of nitrogens with zero attached hydrogens (tertiary/aromatic N) is 1. The normalized spacial score (nSPS) is 13.4. The molecular formula is C12H14N2O4. The minimum Gasteiger partial charge on any atom is -0.387 e. The molecule has 96 valence electrons. The Hall–Kier alpha value is -2.21. The third-order valence-electron chi connectivity index (χ3n) is 2.46. The zero-order valence-electron chi connectivity index (χ0n) is 9.87. The second-order valence-corrected chi connectivity index (χ2v) is 3.76. The highest BCUT2D eigenvalue weighted by atomic mass is 16.6. The fourth-order valence-electron chi connectivity index (χ4n) is 1.40. The number of aliphatic hydroxyl groups excluding tert-OH is 1. The standard InChI is InChI=1S/C12H14N2O4/c1-3-11(15)8(2)13-12(16)9-6-4-5-7-10(9)14(17)18/h3-8,11,15H,1H2,2H3,(H,13,16). The number of aliphatic hydroxyl groups is 1. The molecule has 6 heteroatoms. The summed E-state index contributed by atoms with van der Waals surface area (Å²) < 4.78 is 0. The molecule has 1 rings (SSSR count). The van der Waals surface area contributed by atoms with Gasteiger partial charge in [0, 0.05) is 6.07 Å². The van der Waals surface area contributed by atoms with Crippen LogP contribution in [0.25, 0.3) is 0 Å². The summed E-state index contributed by atoms with van der Waals surface area (Å²) in [5.74, 6) is -0.601. The van der Waals surface area contributed by atoms with Crippen LogP contribution in [0.1, 0.15) is 17.3 Å². The van der Waals surface area contributed by atoms with Crippen LogP contribution in [0.5, 0.6) is 0 Å².